The molecule has 0 aromatic heterocycles. The first-order chi connectivity index (χ1) is 9.70. The van der Waals surface area contributed by atoms with E-state index in [1.54, 1.807) is 12.1 Å². The summed E-state index contributed by atoms with van der Waals surface area (Å²) in [4.78, 5) is 22.7. The van der Waals surface area contributed by atoms with Crippen LogP contribution in [-0.4, -0.2) is 30.7 Å². The zero-order valence-corrected chi connectivity index (χ0v) is 12.9. The van der Waals surface area contributed by atoms with Crippen LogP contribution in [0.5, 0.6) is 0 Å². The molecule has 0 fully saturated rings. The number of benzene rings is 1. The molecule has 4 N–H and O–H groups in total. The number of carbonyl (C=O) groups is 2. The fraction of sp³-hybridized carbons (Fsp3) is 0.467. The molecule has 1 rings (SSSR count). The Morgan fingerprint density at radius 3 is 2.48 bits per heavy atom. The first-order valence-corrected chi connectivity index (χ1v) is 6.81. The van der Waals surface area contributed by atoms with Gasteiger partial charge in [0.1, 0.15) is 5.60 Å². The first-order valence-electron chi connectivity index (χ1n) is 6.81. The maximum Gasteiger partial charge on any atom is 0.407 e. The van der Waals surface area contributed by atoms with Gasteiger partial charge in [0.15, 0.2) is 0 Å². The Kier molecular flexibility index (Phi) is 5.58. The van der Waals surface area contributed by atoms with Crippen LogP contribution in [0.2, 0.25) is 0 Å². The van der Waals surface area contributed by atoms with Gasteiger partial charge in [-0.1, -0.05) is 6.07 Å². The molecule has 1 aromatic rings. The van der Waals surface area contributed by atoms with Crippen molar-refractivity contribution in [3.8, 4) is 0 Å². The van der Waals surface area contributed by atoms with Crippen molar-refractivity contribution in [3.63, 3.8) is 0 Å². The number of primary amides is 1. The fourth-order valence-corrected chi connectivity index (χ4v) is 1.77. The highest BCUT2D eigenvalue weighted by Gasteiger charge is 2.15. The number of alkyl carbamates (subject to hydrolysis) is 1. The molecule has 2 amide bonds. The number of nitrogens with one attached hydrogen (secondary N) is 2. The Balaban J connectivity index is 2.45. The van der Waals surface area contributed by atoms with Crippen LogP contribution in [0.1, 0.15) is 36.7 Å². The number of nitrogens with two attached hydrogens (primary N) is 1. The number of amides is 2. The van der Waals surface area contributed by atoms with Gasteiger partial charge in [-0.3, -0.25) is 4.79 Å². The van der Waals surface area contributed by atoms with Gasteiger partial charge in [-0.15, -0.1) is 0 Å². The van der Waals surface area contributed by atoms with E-state index in [1.165, 1.54) is 0 Å². The molecule has 0 spiro atoms. The van der Waals surface area contributed by atoms with Crippen LogP contribution < -0.4 is 16.4 Å². The van der Waals surface area contributed by atoms with Crippen LogP contribution in [0.3, 0.4) is 0 Å². The lowest BCUT2D eigenvalue weighted by Crippen LogP contribution is -2.35. The van der Waals surface area contributed by atoms with Gasteiger partial charge in [0.05, 0.1) is 0 Å². The fourth-order valence-electron chi connectivity index (χ4n) is 1.77. The van der Waals surface area contributed by atoms with Crippen molar-refractivity contribution in [3.05, 3.63) is 29.3 Å². The average Bonchev–Trinajstić information content (AvgIpc) is 2.33. The van der Waals surface area contributed by atoms with Gasteiger partial charge in [-0.25, -0.2) is 4.79 Å². The van der Waals surface area contributed by atoms with Crippen LogP contribution in [0.15, 0.2) is 18.2 Å². The van der Waals surface area contributed by atoms with E-state index in [2.05, 4.69) is 10.6 Å². The normalized spacial score (nSPS) is 10.9. The van der Waals surface area contributed by atoms with Crippen molar-refractivity contribution < 1.29 is 14.3 Å². The van der Waals surface area contributed by atoms with E-state index < -0.39 is 17.6 Å². The number of anilines is 1. The minimum atomic E-state index is -0.510. The van der Waals surface area contributed by atoms with Gasteiger partial charge in [0.2, 0.25) is 5.91 Å². The van der Waals surface area contributed by atoms with Crippen molar-refractivity contribution in [1.82, 2.24) is 5.32 Å². The molecule has 116 valence electrons. The monoisotopic (exact) mass is 293 g/mol. The molecule has 21 heavy (non-hydrogen) atoms. The van der Waals surface area contributed by atoms with E-state index in [0.717, 1.165) is 11.3 Å². The maximum atomic E-state index is 11.5. The minimum absolute atomic E-state index is 0.412. The van der Waals surface area contributed by atoms with Gasteiger partial charge in [0, 0.05) is 24.3 Å². The van der Waals surface area contributed by atoms with Crippen LogP contribution in [0.25, 0.3) is 0 Å². The third kappa shape index (κ3) is 5.72. The summed E-state index contributed by atoms with van der Waals surface area (Å²) >= 11 is 0. The van der Waals surface area contributed by atoms with E-state index in [-0.39, 0.29) is 0 Å². The van der Waals surface area contributed by atoms with Crippen molar-refractivity contribution in [1.29, 1.82) is 0 Å². The van der Waals surface area contributed by atoms with Gasteiger partial charge in [0.25, 0.3) is 0 Å². The van der Waals surface area contributed by atoms with Crippen LogP contribution in [0, 0.1) is 6.92 Å². The second-order valence-electron chi connectivity index (χ2n) is 5.70. The standard InChI is InChI=1S/C15H23N3O3/c1-10-11(13(16)19)6-5-7-12(10)17-8-9-18-14(20)21-15(2,3)4/h5-7,17H,8-9H2,1-4H3,(H2,16,19)(H,18,20). The lowest BCUT2D eigenvalue weighted by Gasteiger charge is -2.20. The Morgan fingerprint density at radius 2 is 1.90 bits per heavy atom. The molecule has 0 heterocycles. The molecule has 0 aliphatic heterocycles. The average molecular weight is 293 g/mol. The lowest BCUT2D eigenvalue weighted by molar-refractivity contribution is 0.0530. The Labute approximate surface area is 125 Å². The quantitative estimate of drug-likeness (QED) is 0.724. The third-order valence-electron chi connectivity index (χ3n) is 2.71. The van der Waals surface area contributed by atoms with Crippen LogP contribution >= 0.6 is 0 Å². The van der Waals surface area contributed by atoms with Crippen molar-refractivity contribution in [2.24, 2.45) is 5.73 Å². The van der Waals surface area contributed by atoms with Gasteiger partial charge in [-0.05, 0) is 45.4 Å². The summed E-state index contributed by atoms with van der Waals surface area (Å²) in [5.41, 5.74) is 6.88. The number of rotatable bonds is 5. The predicted molar refractivity (Wildman–Crippen MR) is 82.4 cm³/mol. The number of hydrogen-bond donors (Lipinski definition) is 3. The zero-order valence-electron chi connectivity index (χ0n) is 12.9. The summed E-state index contributed by atoms with van der Waals surface area (Å²) in [6, 6.07) is 5.30. The highest BCUT2D eigenvalue weighted by molar-refractivity contribution is 5.95. The van der Waals surface area contributed by atoms with Crippen molar-refractivity contribution in [2.45, 2.75) is 33.3 Å². The zero-order chi connectivity index (χ0) is 16.0. The molecule has 6 heteroatoms. The van der Waals surface area contributed by atoms with Crippen molar-refractivity contribution in [2.75, 3.05) is 18.4 Å². The largest absolute Gasteiger partial charge is 0.444 e. The highest BCUT2D eigenvalue weighted by atomic mass is 16.6. The summed E-state index contributed by atoms with van der Waals surface area (Å²) in [5, 5.41) is 5.80. The highest BCUT2D eigenvalue weighted by Crippen LogP contribution is 2.18. The number of ether oxygens (including phenoxy) is 1. The smallest absolute Gasteiger partial charge is 0.407 e. The van der Waals surface area contributed by atoms with E-state index in [1.807, 2.05) is 33.8 Å². The minimum Gasteiger partial charge on any atom is -0.444 e. The summed E-state index contributed by atoms with van der Waals surface area (Å²) in [6.45, 7) is 8.18. The molecular weight excluding hydrogens is 270 g/mol. The predicted octanol–water partition coefficient (Wildman–Crippen LogP) is 2.03. The third-order valence-corrected chi connectivity index (χ3v) is 2.71. The van der Waals surface area contributed by atoms with E-state index in [4.69, 9.17) is 10.5 Å². The topological polar surface area (TPSA) is 93.4 Å². The van der Waals surface area contributed by atoms with Gasteiger partial charge in [-0.2, -0.15) is 0 Å². The Hall–Kier alpha value is -2.24. The molecule has 0 bridgehead atoms. The molecule has 0 unspecified atom stereocenters. The van der Waals surface area contributed by atoms with Crippen LogP contribution in [-0.2, 0) is 4.74 Å². The summed E-state index contributed by atoms with van der Waals surface area (Å²) in [6.07, 6.45) is -0.452. The Bertz CT molecular complexity index is 521. The second-order valence-corrected chi connectivity index (χ2v) is 5.70. The molecule has 0 aliphatic rings. The Morgan fingerprint density at radius 1 is 1.24 bits per heavy atom. The number of hydrogen-bond acceptors (Lipinski definition) is 4. The SMILES string of the molecule is Cc1c(NCCNC(=O)OC(C)(C)C)cccc1C(N)=O. The lowest BCUT2D eigenvalue weighted by atomic mass is 10.1. The second kappa shape index (κ2) is 6.97. The molecule has 0 atom stereocenters. The van der Waals surface area contributed by atoms with E-state index in [9.17, 15) is 9.59 Å². The molecule has 0 aliphatic carbocycles. The van der Waals surface area contributed by atoms with Crippen molar-refractivity contribution >= 4 is 17.7 Å². The van der Waals surface area contributed by atoms with Gasteiger partial charge < -0.3 is 21.1 Å². The molecule has 0 radical (unpaired) electrons. The first kappa shape index (κ1) is 16.8. The molecule has 0 saturated carbocycles. The molecule has 1 aromatic carbocycles. The van der Waals surface area contributed by atoms with Crippen LogP contribution in [0.4, 0.5) is 10.5 Å². The van der Waals surface area contributed by atoms with E-state index >= 15 is 0 Å². The maximum absolute atomic E-state index is 11.5. The summed E-state index contributed by atoms with van der Waals surface area (Å²) in [7, 11) is 0. The summed E-state index contributed by atoms with van der Waals surface area (Å²) < 4.78 is 5.13. The number of carbonyl (C=O) groups excluding carboxylic acids is 2. The molecule has 0 saturated heterocycles. The van der Waals surface area contributed by atoms with Gasteiger partial charge >= 0.3 is 6.09 Å². The molecular formula is C15H23N3O3. The van der Waals surface area contributed by atoms with E-state index in [0.29, 0.717) is 18.7 Å². The summed E-state index contributed by atoms with van der Waals surface area (Å²) in [5.74, 6) is -0.456. The molecule has 6 nitrogen and oxygen atoms in total.